The summed E-state index contributed by atoms with van der Waals surface area (Å²) in [5.74, 6) is -4.15. The Morgan fingerprint density at radius 2 is 2.12 bits per heavy atom. The van der Waals surface area contributed by atoms with Crippen molar-refractivity contribution in [2.24, 2.45) is 0 Å². The third-order valence-electron chi connectivity index (χ3n) is 1.71. The molecule has 0 saturated heterocycles. The molecule has 0 bridgehead atoms. The number of aromatic nitrogens is 2. The van der Waals surface area contributed by atoms with Crippen LogP contribution in [0.1, 0.15) is 0 Å². The van der Waals surface area contributed by atoms with Crippen LogP contribution >= 0.6 is 15.9 Å². The topological polar surface area (TPSA) is 47.0 Å². The van der Waals surface area contributed by atoms with Gasteiger partial charge < -0.3 is 10.1 Å². The number of hydrogen-bond acceptors (Lipinski definition) is 4. The summed E-state index contributed by atoms with van der Waals surface area (Å²) in [4.78, 5) is 7.30. The second-order valence-electron chi connectivity index (χ2n) is 2.94. The van der Waals surface area contributed by atoms with Gasteiger partial charge in [0.2, 0.25) is 5.88 Å². The van der Waals surface area contributed by atoms with Crippen LogP contribution in [0.2, 0.25) is 0 Å². The summed E-state index contributed by atoms with van der Waals surface area (Å²) in [6, 6.07) is 0. The average Bonchev–Trinajstić information content (AvgIpc) is 2.27. The van der Waals surface area contributed by atoms with Gasteiger partial charge in [0, 0.05) is 7.05 Å². The SMILES string of the molecule is CNc1ncnc(OCC(F)(F)C(F)F)c1Br. The van der Waals surface area contributed by atoms with Crippen LogP contribution in [-0.2, 0) is 0 Å². The fourth-order valence-corrected chi connectivity index (χ4v) is 1.37. The van der Waals surface area contributed by atoms with Crippen molar-refractivity contribution in [1.82, 2.24) is 9.97 Å². The summed E-state index contributed by atoms with van der Waals surface area (Å²) in [6.07, 6.45) is -2.72. The van der Waals surface area contributed by atoms with Crippen molar-refractivity contribution in [3.8, 4) is 5.88 Å². The Balaban J connectivity index is 2.76. The van der Waals surface area contributed by atoms with Gasteiger partial charge in [0.1, 0.15) is 16.6 Å². The zero-order chi connectivity index (χ0) is 13.1. The smallest absolute Gasteiger partial charge is 0.340 e. The molecule has 1 rings (SSSR count). The first kappa shape index (κ1) is 13.9. The van der Waals surface area contributed by atoms with Crippen LogP contribution in [0.25, 0.3) is 0 Å². The van der Waals surface area contributed by atoms with E-state index in [1.54, 1.807) is 7.05 Å². The van der Waals surface area contributed by atoms with Crippen LogP contribution < -0.4 is 10.1 Å². The first-order valence-corrected chi connectivity index (χ1v) is 5.15. The number of anilines is 1. The van der Waals surface area contributed by atoms with E-state index in [0.717, 1.165) is 6.33 Å². The fourth-order valence-electron chi connectivity index (χ4n) is 0.856. The lowest BCUT2D eigenvalue weighted by Crippen LogP contribution is -2.34. The molecule has 0 aromatic carbocycles. The Labute approximate surface area is 103 Å². The van der Waals surface area contributed by atoms with Gasteiger partial charge in [0.05, 0.1) is 0 Å². The second-order valence-corrected chi connectivity index (χ2v) is 3.73. The molecule has 0 unspecified atom stereocenters. The molecule has 0 aliphatic rings. The van der Waals surface area contributed by atoms with Gasteiger partial charge in [-0.3, -0.25) is 0 Å². The molecule has 0 saturated carbocycles. The zero-order valence-electron chi connectivity index (χ0n) is 8.55. The zero-order valence-corrected chi connectivity index (χ0v) is 10.1. The summed E-state index contributed by atoms with van der Waals surface area (Å²) >= 11 is 3.00. The number of halogens is 5. The van der Waals surface area contributed by atoms with Crippen molar-refractivity contribution in [3.05, 3.63) is 10.8 Å². The number of hydrogen-bond donors (Lipinski definition) is 1. The summed E-state index contributed by atoms with van der Waals surface area (Å²) in [5.41, 5.74) is 0. The molecule has 1 aromatic heterocycles. The van der Waals surface area contributed by atoms with Gasteiger partial charge in [-0.05, 0) is 15.9 Å². The number of alkyl halides is 4. The highest BCUT2D eigenvalue weighted by molar-refractivity contribution is 9.10. The molecule has 0 aliphatic carbocycles. The van der Waals surface area contributed by atoms with Gasteiger partial charge in [-0.1, -0.05) is 0 Å². The molecule has 0 spiro atoms. The van der Waals surface area contributed by atoms with Crippen molar-refractivity contribution in [2.75, 3.05) is 19.0 Å². The molecule has 0 radical (unpaired) electrons. The van der Waals surface area contributed by atoms with Gasteiger partial charge in [-0.15, -0.1) is 0 Å². The van der Waals surface area contributed by atoms with E-state index in [9.17, 15) is 17.6 Å². The molecule has 0 fully saturated rings. The Morgan fingerprint density at radius 1 is 1.47 bits per heavy atom. The van der Waals surface area contributed by atoms with Crippen LogP contribution in [0.15, 0.2) is 10.8 Å². The maximum atomic E-state index is 12.6. The molecule has 1 N–H and O–H groups in total. The van der Waals surface area contributed by atoms with Gasteiger partial charge in [-0.2, -0.15) is 8.78 Å². The predicted octanol–water partition coefficient (Wildman–Crippen LogP) is 2.56. The minimum Gasteiger partial charge on any atom is -0.470 e. The average molecular weight is 318 g/mol. The van der Waals surface area contributed by atoms with E-state index in [1.807, 2.05) is 0 Å². The van der Waals surface area contributed by atoms with Crippen LogP contribution in [0.4, 0.5) is 23.4 Å². The molecule has 0 amide bonds. The molecule has 96 valence electrons. The molecule has 4 nitrogen and oxygen atoms in total. The summed E-state index contributed by atoms with van der Waals surface area (Å²) in [7, 11) is 1.55. The number of nitrogens with zero attached hydrogens (tertiary/aromatic N) is 2. The van der Waals surface area contributed by atoms with Crippen LogP contribution in [0.3, 0.4) is 0 Å². The van der Waals surface area contributed by atoms with Gasteiger partial charge in [0.15, 0.2) is 6.61 Å². The Hall–Kier alpha value is -1.12. The van der Waals surface area contributed by atoms with Crippen molar-refractivity contribution in [3.63, 3.8) is 0 Å². The van der Waals surface area contributed by atoms with Crippen molar-refractivity contribution >= 4 is 21.7 Å². The largest absolute Gasteiger partial charge is 0.470 e. The minimum atomic E-state index is -4.22. The highest BCUT2D eigenvalue weighted by Gasteiger charge is 2.42. The standard InChI is InChI=1S/C8H8BrF4N3O/c1-14-5-4(9)6(16-3-15-5)17-2-8(12,13)7(10)11/h3,7H,2H2,1H3,(H,14,15,16). The summed E-state index contributed by atoms with van der Waals surface area (Å²) < 4.78 is 53.7. The van der Waals surface area contributed by atoms with Gasteiger partial charge in [-0.25, -0.2) is 18.7 Å². The van der Waals surface area contributed by atoms with Crippen LogP contribution in [0, 0.1) is 0 Å². The summed E-state index contributed by atoms with van der Waals surface area (Å²) in [6.45, 7) is -1.45. The first-order valence-electron chi connectivity index (χ1n) is 4.35. The number of rotatable bonds is 5. The molecule has 17 heavy (non-hydrogen) atoms. The van der Waals surface area contributed by atoms with Gasteiger partial charge >= 0.3 is 12.3 Å². The van der Waals surface area contributed by atoms with Gasteiger partial charge in [0.25, 0.3) is 0 Å². The molecular formula is C8H8BrF4N3O. The molecule has 1 aromatic rings. The van der Waals surface area contributed by atoms with Crippen LogP contribution in [-0.4, -0.2) is 36.0 Å². The highest BCUT2D eigenvalue weighted by atomic mass is 79.9. The molecule has 0 atom stereocenters. The maximum Gasteiger partial charge on any atom is 0.340 e. The van der Waals surface area contributed by atoms with E-state index in [1.165, 1.54) is 0 Å². The lowest BCUT2D eigenvalue weighted by molar-refractivity contribution is -0.148. The lowest BCUT2D eigenvalue weighted by Gasteiger charge is -2.16. The maximum absolute atomic E-state index is 12.6. The number of nitrogens with one attached hydrogen (secondary N) is 1. The van der Waals surface area contributed by atoms with Crippen molar-refractivity contribution in [1.29, 1.82) is 0 Å². The third-order valence-corrected chi connectivity index (χ3v) is 2.43. The number of ether oxygens (including phenoxy) is 1. The quantitative estimate of drug-likeness (QED) is 0.848. The van der Waals surface area contributed by atoms with E-state index in [2.05, 4.69) is 36.0 Å². The van der Waals surface area contributed by atoms with E-state index < -0.39 is 19.0 Å². The monoisotopic (exact) mass is 317 g/mol. The normalized spacial score (nSPS) is 11.7. The summed E-state index contributed by atoms with van der Waals surface area (Å²) in [5, 5.41) is 2.64. The van der Waals surface area contributed by atoms with E-state index in [-0.39, 0.29) is 10.4 Å². The highest BCUT2D eigenvalue weighted by Crippen LogP contribution is 2.30. The first-order chi connectivity index (χ1) is 7.88. The van der Waals surface area contributed by atoms with Crippen LogP contribution in [0.5, 0.6) is 5.88 Å². The van der Waals surface area contributed by atoms with E-state index in [0.29, 0.717) is 5.82 Å². The Morgan fingerprint density at radius 3 is 2.65 bits per heavy atom. The van der Waals surface area contributed by atoms with E-state index in [4.69, 9.17) is 0 Å². The fraction of sp³-hybridized carbons (Fsp3) is 0.500. The molecular weight excluding hydrogens is 310 g/mol. The minimum absolute atomic E-state index is 0.188. The van der Waals surface area contributed by atoms with Crippen molar-refractivity contribution < 1.29 is 22.3 Å². The Bertz CT molecular complexity index is 391. The third kappa shape index (κ3) is 3.42. The molecule has 9 heteroatoms. The predicted molar refractivity (Wildman–Crippen MR) is 55.7 cm³/mol. The van der Waals surface area contributed by atoms with Crippen molar-refractivity contribution in [2.45, 2.75) is 12.3 Å². The molecule has 1 heterocycles. The lowest BCUT2D eigenvalue weighted by atomic mass is 10.4. The van der Waals surface area contributed by atoms with E-state index >= 15 is 0 Å². The Kier molecular flexibility index (Phi) is 4.49. The second kappa shape index (κ2) is 5.48. The molecule has 0 aliphatic heterocycles.